The van der Waals surface area contributed by atoms with Crippen molar-refractivity contribution in [3.05, 3.63) is 89.2 Å². The molecule has 0 saturated heterocycles. The minimum atomic E-state index is -0.730. The molecular weight excluding hydrogens is 380 g/mol. The van der Waals surface area contributed by atoms with Crippen LogP contribution in [0.25, 0.3) is 16.0 Å². The zero-order valence-electron chi connectivity index (χ0n) is 16.2. The van der Waals surface area contributed by atoms with Crippen molar-refractivity contribution < 1.29 is 9.90 Å². The number of carbonyl (C=O) groups is 1. The van der Waals surface area contributed by atoms with E-state index in [1.54, 1.807) is 0 Å². The molecule has 5 heteroatoms. The zero-order chi connectivity index (χ0) is 20.6. The summed E-state index contributed by atoms with van der Waals surface area (Å²) in [6.45, 7) is 6.02. The molecule has 3 N–H and O–H groups in total. The maximum atomic E-state index is 11.5. The summed E-state index contributed by atoms with van der Waals surface area (Å²) in [5.74, 6) is -0.730. The summed E-state index contributed by atoms with van der Waals surface area (Å²) in [5.41, 5.74) is 12.1. The fraction of sp³-hybridized carbons (Fsp3) is 0.167. The Morgan fingerprint density at radius 3 is 2.17 bits per heavy atom. The molecule has 0 bridgehead atoms. The second kappa shape index (κ2) is 7.41. The van der Waals surface area contributed by atoms with Crippen LogP contribution in [0.3, 0.4) is 0 Å². The van der Waals surface area contributed by atoms with Crippen LogP contribution >= 0.6 is 11.9 Å². The Hall–Kier alpha value is -3.05. The van der Waals surface area contributed by atoms with Crippen molar-refractivity contribution >= 4 is 29.0 Å². The monoisotopic (exact) mass is 402 g/mol. The summed E-state index contributed by atoms with van der Waals surface area (Å²) < 4.78 is 4.38. The van der Waals surface area contributed by atoms with E-state index >= 15 is 0 Å². The smallest absolute Gasteiger partial charge is 0.314 e. The number of nitrogens with two attached hydrogens (primary N) is 1. The van der Waals surface area contributed by atoms with Crippen molar-refractivity contribution in [3.63, 3.8) is 0 Å². The normalized spacial score (nSPS) is 23.5. The summed E-state index contributed by atoms with van der Waals surface area (Å²) in [6, 6.07) is 16.0. The van der Waals surface area contributed by atoms with Gasteiger partial charge in [0, 0.05) is 18.2 Å². The number of aliphatic carboxylic acids is 1. The van der Waals surface area contributed by atoms with Crippen molar-refractivity contribution in [1.29, 1.82) is 0 Å². The molecule has 0 radical (unpaired) electrons. The second-order valence-electron chi connectivity index (χ2n) is 7.52. The average molecular weight is 403 g/mol. The van der Waals surface area contributed by atoms with Gasteiger partial charge in [0.15, 0.2) is 0 Å². The maximum absolute atomic E-state index is 11.5. The Balaban J connectivity index is 1.60. The molecule has 146 valence electrons. The first-order valence-electron chi connectivity index (χ1n) is 9.43. The van der Waals surface area contributed by atoms with Crippen LogP contribution in [0.4, 0.5) is 0 Å². The standard InChI is InChI=1S/C24H22N2O2S/c1-15-13-16(2)21(25)22(29-26-14-15)19-5-3-17(4-6-19)18-7-9-20(10-8-18)24(11-12-24)23(27)28/h3-10,13-14H,2,11-12,25H2,1H3,(H,27,28)/b15-13-,22-21+,26-14-. The fourth-order valence-electron chi connectivity index (χ4n) is 3.50. The third kappa shape index (κ3) is 3.66. The Bertz CT molecular complexity index is 1070. The van der Waals surface area contributed by atoms with Crippen molar-refractivity contribution in [3.8, 4) is 11.1 Å². The molecule has 2 aliphatic rings. The molecule has 1 aliphatic heterocycles. The Morgan fingerprint density at radius 2 is 1.62 bits per heavy atom. The van der Waals surface area contributed by atoms with E-state index in [-0.39, 0.29) is 0 Å². The summed E-state index contributed by atoms with van der Waals surface area (Å²) in [4.78, 5) is 12.4. The molecule has 1 fully saturated rings. The minimum Gasteiger partial charge on any atom is -0.481 e. The van der Waals surface area contributed by atoms with E-state index in [4.69, 9.17) is 5.73 Å². The number of hydrogen-bond acceptors (Lipinski definition) is 4. The summed E-state index contributed by atoms with van der Waals surface area (Å²) >= 11 is 1.35. The molecular formula is C24H22N2O2S. The van der Waals surface area contributed by atoms with E-state index in [0.29, 0.717) is 18.5 Å². The van der Waals surface area contributed by atoms with Crippen molar-refractivity contribution in [1.82, 2.24) is 0 Å². The van der Waals surface area contributed by atoms with Crippen molar-refractivity contribution in [2.75, 3.05) is 0 Å². The van der Waals surface area contributed by atoms with E-state index in [1.165, 1.54) is 11.9 Å². The van der Waals surface area contributed by atoms with Crippen LogP contribution in [0.15, 0.2) is 82.4 Å². The van der Waals surface area contributed by atoms with Gasteiger partial charge in [-0.25, -0.2) is 4.40 Å². The predicted molar refractivity (Wildman–Crippen MR) is 121 cm³/mol. The SMILES string of the molecule is C=C1/C=C(C)\C=N/S/C(c2ccc(-c3ccc(C4(C(=O)O)CC4)cc3)cc2)=C\1N. The molecule has 0 spiro atoms. The van der Waals surface area contributed by atoms with Gasteiger partial charge in [-0.3, -0.25) is 4.79 Å². The van der Waals surface area contributed by atoms with Crippen LogP contribution in [-0.2, 0) is 10.2 Å². The largest absolute Gasteiger partial charge is 0.481 e. The van der Waals surface area contributed by atoms with E-state index in [1.807, 2.05) is 67.7 Å². The highest BCUT2D eigenvalue weighted by atomic mass is 32.2. The highest BCUT2D eigenvalue weighted by molar-refractivity contribution is 8.07. The lowest BCUT2D eigenvalue weighted by Gasteiger charge is -2.13. The third-order valence-corrected chi connectivity index (χ3v) is 6.32. The molecule has 1 saturated carbocycles. The van der Waals surface area contributed by atoms with Gasteiger partial charge >= 0.3 is 5.97 Å². The van der Waals surface area contributed by atoms with Crippen LogP contribution in [0.5, 0.6) is 0 Å². The van der Waals surface area contributed by atoms with Gasteiger partial charge in [0.05, 0.1) is 16.0 Å². The molecule has 0 atom stereocenters. The molecule has 4 rings (SSSR count). The highest BCUT2D eigenvalue weighted by Crippen LogP contribution is 2.48. The van der Waals surface area contributed by atoms with Crippen LogP contribution in [0.2, 0.25) is 0 Å². The van der Waals surface area contributed by atoms with E-state index in [2.05, 4.69) is 11.0 Å². The van der Waals surface area contributed by atoms with Gasteiger partial charge in [-0.2, -0.15) is 0 Å². The lowest BCUT2D eigenvalue weighted by Crippen LogP contribution is -2.19. The highest BCUT2D eigenvalue weighted by Gasteiger charge is 2.51. The number of carboxylic acid groups (broad SMARTS) is 1. The second-order valence-corrected chi connectivity index (χ2v) is 8.33. The molecule has 2 aromatic carbocycles. The molecule has 0 amide bonds. The minimum absolute atomic E-state index is 0.631. The topological polar surface area (TPSA) is 75.7 Å². The Morgan fingerprint density at radius 1 is 1.07 bits per heavy atom. The number of nitrogens with zero attached hydrogens (tertiary/aromatic N) is 1. The van der Waals surface area contributed by atoms with E-state index in [9.17, 15) is 9.90 Å². The van der Waals surface area contributed by atoms with E-state index < -0.39 is 11.4 Å². The molecule has 4 nitrogen and oxygen atoms in total. The first-order valence-corrected chi connectivity index (χ1v) is 10.2. The average Bonchev–Trinajstić information content (AvgIpc) is 3.53. The van der Waals surface area contributed by atoms with Crippen LogP contribution in [0, 0.1) is 0 Å². The first kappa shape index (κ1) is 19.3. The summed E-state index contributed by atoms with van der Waals surface area (Å²) in [6.07, 6.45) is 5.17. The zero-order valence-corrected chi connectivity index (χ0v) is 17.0. The number of rotatable bonds is 4. The van der Waals surface area contributed by atoms with Gasteiger partial charge in [-0.15, -0.1) is 0 Å². The van der Waals surface area contributed by atoms with Crippen molar-refractivity contribution in [2.45, 2.75) is 25.2 Å². The van der Waals surface area contributed by atoms with Gasteiger partial charge < -0.3 is 10.8 Å². The maximum Gasteiger partial charge on any atom is 0.314 e. The van der Waals surface area contributed by atoms with Crippen LogP contribution in [-0.4, -0.2) is 17.3 Å². The Labute approximate surface area is 174 Å². The summed E-state index contributed by atoms with van der Waals surface area (Å²) in [5, 5.41) is 9.45. The van der Waals surface area contributed by atoms with Crippen LogP contribution < -0.4 is 5.73 Å². The molecule has 1 aliphatic carbocycles. The fourth-order valence-corrected chi connectivity index (χ4v) is 4.30. The number of carboxylic acids is 1. The first-order chi connectivity index (χ1) is 13.9. The molecule has 0 aromatic heterocycles. The van der Waals surface area contributed by atoms with Crippen LogP contribution in [0.1, 0.15) is 30.9 Å². The van der Waals surface area contributed by atoms with Gasteiger partial charge in [0.1, 0.15) is 0 Å². The van der Waals surface area contributed by atoms with Gasteiger partial charge in [0.2, 0.25) is 0 Å². The quantitative estimate of drug-likeness (QED) is 0.678. The molecule has 2 aromatic rings. The van der Waals surface area contributed by atoms with Crippen molar-refractivity contribution in [2.24, 2.45) is 10.1 Å². The van der Waals surface area contributed by atoms with Gasteiger partial charge in [0.25, 0.3) is 0 Å². The molecule has 0 unspecified atom stereocenters. The predicted octanol–water partition coefficient (Wildman–Crippen LogP) is 5.33. The Kier molecular flexibility index (Phi) is 4.92. The molecule has 29 heavy (non-hydrogen) atoms. The van der Waals surface area contributed by atoms with E-state index in [0.717, 1.165) is 38.3 Å². The lowest BCUT2D eigenvalue weighted by molar-refractivity contribution is -0.140. The van der Waals surface area contributed by atoms with Gasteiger partial charge in [-0.1, -0.05) is 55.1 Å². The summed E-state index contributed by atoms with van der Waals surface area (Å²) in [7, 11) is 0. The lowest BCUT2D eigenvalue weighted by atomic mass is 9.93. The third-order valence-electron chi connectivity index (χ3n) is 5.47. The number of benzene rings is 2. The molecule has 1 heterocycles. The number of hydrogen-bond donors (Lipinski definition) is 2. The number of allylic oxidation sites excluding steroid dienone is 2. The van der Waals surface area contributed by atoms with Gasteiger partial charge in [-0.05, 0) is 59.2 Å².